The van der Waals surface area contributed by atoms with Gasteiger partial charge in [-0.2, -0.15) is 0 Å². The molecule has 0 aromatic heterocycles. The summed E-state index contributed by atoms with van der Waals surface area (Å²) in [5.74, 6) is -2.28. The number of hydrogen-bond acceptors (Lipinski definition) is 8. The van der Waals surface area contributed by atoms with E-state index in [1.54, 1.807) is 0 Å². The Morgan fingerprint density at radius 1 is 0.326 bits per heavy atom. The lowest BCUT2D eigenvalue weighted by Crippen LogP contribution is -2.44. The number of nitrogens with zero attached hydrogens (tertiary/aromatic N) is 1. The molecule has 0 aromatic rings. The molecule has 0 rings (SSSR count). The van der Waals surface area contributed by atoms with Crippen molar-refractivity contribution in [2.75, 3.05) is 47.5 Å². The minimum Gasteiger partial charge on any atom is -0.545 e. The molecule has 0 bridgehead atoms. The van der Waals surface area contributed by atoms with Crippen LogP contribution in [0.2, 0.25) is 0 Å². The first-order valence-corrected chi connectivity index (χ1v) is 40.7. The van der Waals surface area contributed by atoms with Crippen LogP contribution < -0.4 is 5.11 Å². The number of rotatable bonds is 76. The SMILES string of the molecule is CC/C=C\C/C=C\C/C=C\C/C=C\C/C=C\C/C=C\C/C=C\CCCCCCCCCC(=O)OC(COC(=O)CCCCCCCCCCCCCCCCCCCCCCCCCCCCCCCCCCCCCCCCCCC)COC(OCC[N+](C)(C)C)C(=O)[O-]. The van der Waals surface area contributed by atoms with E-state index in [1.807, 2.05) is 21.1 Å². The summed E-state index contributed by atoms with van der Waals surface area (Å²) >= 11 is 0. The van der Waals surface area contributed by atoms with Crippen LogP contribution in [0.3, 0.4) is 0 Å². The molecule has 0 N–H and O–H groups in total. The number of hydrogen-bond donors (Lipinski definition) is 0. The maximum Gasteiger partial charge on any atom is 0.306 e. The summed E-state index contributed by atoms with van der Waals surface area (Å²) in [6, 6.07) is 0. The first kappa shape index (κ1) is 91.5. The van der Waals surface area contributed by atoms with Crippen molar-refractivity contribution in [3.8, 4) is 0 Å². The van der Waals surface area contributed by atoms with Crippen LogP contribution in [0.4, 0.5) is 0 Å². The number of esters is 2. The Bertz CT molecular complexity index is 1840. The van der Waals surface area contributed by atoms with E-state index in [2.05, 4.69) is 98.9 Å². The lowest BCUT2D eigenvalue weighted by molar-refractivity contribution is -0.870. The van der Waals surface area contributed by atoms with Gasteiger partial charge in [0, 0.05) is 12.8 Å². The number of carbonyl (C=O) groups excluding carboxylic acids is 3. The number of likely N-dealkylation sites (N-methyl/N-ethyl adjacent to an activating group) is 1. The Balaban J connectivity index is 3.98. The molecule has 0 aliphatic carbocycles. The number of carbonyl (C=O) groups is 3. The second-order valence-corrected chi connectivity index (χ2v) is 28.7. The topological polar surface area (TPSA) is 111 Å². The third-order valence-corrected chi connectivity index (χ3v) is 18.2. The summed E-state index contributed by atoms with van der Waals surface area (Å²) in [7, 11) is 5.94. The smallest absolute Gasteiger partial charge is 0.306 e. The first-order valence-electron chi connectivity index (χ1n) is 40.7. The van der Waals surface area contributed by atoms with Crippen LogP contribution in [0.1, 0.15) is 386 Å². The number of allylic oxidation sites excluding steroid dienone is 14. The summed E-state index contributed by atoms with van der Waals surface area (Å²) in [6.45, 7) is 4.67. The summed E-state index contributed by atoms with van der Waals surface area (Å²) < 4.78 is 22.8. The molecule has 0 aromatic carbocycles. The fraction of sp³-hybridized carbons (Fsp3) is 0.802. The van der Waals surface area contributed by atoms with Crippen LogP contribution >= 0.6 is 0 Å². The van der Waals surface area contributed by atoms with E-state index in [-0.39, 0.29) is 32.2 Å². The molecule has 0 saturated carbocycles. The Kier molecular flexibility index (Phi) is 73.4. The summed E-state index contributed by atoms with van der Waals surface area (Å²) in [4.78, 5) is 37.6. The second-order valence-electron chi connectivity index (χ2n) is 28.7. The number of aliphatic carboxylic acids is 1. The average molecular weight is 1330 g/mol. The van der Waals surface area contributed by atoms with E-state index in [9.17, 15) is 19.5 Å². The van der Waals surface area contributed by atoms with Gasteiger partial charge in [0.15, 0.2) is 12.4 Å². The van der Waals surface area contributed by atoms with Crippen molar-refractivity contribution in [2.45, 2.75) is 399 Å². The van der Waals surface area contributed by atoms with Crippen LogP contribution in [-0.4, -0.2) is 82.3 Å². The molecule has 9 heteroatoms. The van der Waals surface area contributed by atoms with Gasteiger partial charge in [0.25, 0.3) is 0 Å². The number of unbranched alkanes of at least 4 members (excludes halogenated alkanes) is 47. The van der Waals surface area contributed by atoms with Gasteiger partial charge in [-0.05, 0) is 70.6 Å². The molecule has 0 aliphatic rings. The molecule has 95 heavy (non-hydrogen) atoms. The Labute approximate surface area is 589 Å². The van der Waals surface area contributed by atoms with E-state index < -0.39 is 24.3 Å². The van der Waals surface area contributed by atoms with Gasteiger partial charge < -0.3 is 33.3 Å². The molecule has 552 valence electrons. The van der Waals surface area contributed by atoms with Crippen LogP contribution in [0.25, 0.3) is 0 Å². The second kappa shape index (κ2) is 76.2. The Hall–Kier alpha value is -3.53. The van der Waals surface area contributed by atoms with Gasteiger partial charge in [-0.3, -0.25) is 9.59 Å². The molecule has 2 atom stereocenters. The van der Waals surface area contributed by atoms with Gasteiger partial charge in [0.05, 0.1) is 40.3 Å². The third kappa shape index (κ3) is 77.7. The van der Waals surface area contributed by atoms with Crippen LogP contribution in [0, 0.1) is 0 Å². The van der Waals surface area contributed by atoms with E-state index in [0.717, 1.165) is 89.9 Å². The zero-order valence-corrected chi connectivity index (χ0v) is 63.3. The molecule has 2 unspecified atom stereocenters. The van der Waals surface area contributed by atoms with Gasteiger partial charge in [-0.1, -0.05) is 388 Å². The lowest BCUT2D eigenvalue weighted by atomic mass is 10.0. The van der Waals surface area contributed by atoms with Crippen LogP contribution in [0.15, 0.2) is 85.1 Å². The van der Waals surface area contributed by atoms with Gasteiger partial charge in [-0.15, -0.1) is 0 Å². The van der Waals surface area contributed by atoms with E-state index in [0.29, 0.717) is 23.9 Å². The molecule has 0 saturated heterocycles. The summed E-state index contributed by atoms with van der Waals surface area (Å²) in [5.41, 5.74) is 0. The quantitative estimate of drug-likeness (QED) is 0.0195. The van der Waals surface area contributed by atoms with E-state index in [4.69, 9.17) is 18.9 Å². The molecular weight excluding hydrogens is 1170 g/mol. The van der Waals surface area contributed by atoms with E-state index >= 15 is 0 Å². The highest BCUT2D eigenvalue weighted by Gasteiger charge is 2.22. The maximum atomic E-state index is 13.0. The molecule has 9 nitrogen and oxygen atoms in total. The highest BCUT2D eigenvalue weighted by Crippen LogP contribution is 2.20. The van der Waals surface area contributed by atoms with Crippen molar-refractivity contribution in [1.82, 2.24) is 0 Å². The largest absolute Gasteiger partial charge is 0.545 e. The lowest BCUT2D eigenvalue weighted by Gasteiger charge is -2.26. The van der Waals surface area contributed by atoms with Crippen molar-refractivity contribution in [3.63, 3.8) is 0 Å². The molecule has 0 amide bonds. The zero-order chi connectivity index (χ0) is 69.0. The third-order valence-electron chi connectivity index (χ3n) is 18.2. The van der Waals surface area contributed by atoms with Gasteiger partial charge in [0.2, 0.25) is 0 Å². The molecular formula is C86H155NO8. The fourth-order valence-corrected chi connectivity index (χ4v) is 12.0. The predicted octanol–water partition coefficient (Wildman–Crippen LogP) is 24.8. The van der Waals surface area contributed by atoms with Gasteiger partial charge >= 0.3 is 11.9 Å². The minimum absolute atomic E-state index is 0.143. The van der Waals surface area contributed by atoms with Crippen LogP contribution in [0.5, 0.6) is 0 Å². The monoisotopic (exact) mass is 1330 g/mol. The fourth-order valence-electron chi connectivity index (χ4n) is 12.0. The number of carboxylic acids is 1. The standard InChI is InChI=1S/C86H155NO8/c1-6-8-10-12-14-16-18-20-22-24-26-28-30-32-34-36-37-38-39-40-41-42-43-44-45-46-47-49-50-52-54-56-58-60-62-64-66-68-70-72-74-76-83(88)93-80-82(81-94-86(85(90)91)92-79-78-87(3,4)5)95-84(89)77-75-73-71-69-67-65-63-61-59-57-55-53-51-48-35-33-31-29-27-25-23-21-19-17-15-13-11-9-7-2/h9,11,15,17,21,23,27,29,33,35,51,53,57,59,82,86H,6-8,10,12-14,16,18-20,22,24-26,28,30-32,34,36-50,52,54-56,58,60-81H2,1-5H3/b11-9-,17-15-,23-21-,29-27-,35-33-,53-51-,59-57-. The van der Waals surface area contributed by atoms with Crippen molar-refractivity contribution in [2.24, 2.45) is 0 Å². The molecule has 0 heterocycles. The van der Waals surface area contributed by atoms with Crippen molar-refractivity contribution in [1.29, 1.82) is 0 Å². The van der Waals surface area contributed by atoms with Gasteiger partial charge in [0.1, 0.15) is 13.2 Å². The first-order chi connectivity index (χ1) is 46.6. The summed E-state index contributed by atoms with van der Waals surface area (Å²) in [5, 5.41) is 11.9. The molecule has 0 spiro atoms. The zero-order valence-electron chi connectivity index (χ0n) is 63.3. The number of quaternary nitrogens is 1. The maximum absolute atomic E-state index is 13.0. The molecule has 0 radical (unpaired) electrons. The number of ether oxygens (including phenoxy) is 4. The summed E-state index contributed by atoms with van der Waals surface area (Å²) in [6.07, 6.45) is 102. The highest BCUT2D eigenvalue weighted by molar-refractivity contribution is 5.70. The van der Waals surface area contributed by atoms with Crippen molar-refractivity contribution >= 4 is 17.9 Å². The Morgan fingerprint density at radius 3 is 0.895 bits per heavy atom. The number of carboxylic acid groups (broad SMARTS) is 1. The predicted molar refractivity (Wildman–Crippen MR) is 408 cm³/mol. The highest BCUT2D eigenvalue weighted by atomic mass is 16.7. The Morgan fingerprint density at radius 2 is 0.600 bits per heavy atom. The molecule has 0 aliphatic heterocycles. The van der Waals surface area contributed by atoms with E-state index in [1.165, 1.54) is 263 Å². The van der Waals surface area contributed by atoms with Crippen molar-refractivity contribution < 1.29 is 42.9 Å². The van der Waals surface area contributed by atoms with Gasteiger partial charge in [-0.25, -0.2) is 0 Å². The normalized spacial score (nSPS) is 13.1. The van der Waals surface area contributed by atoms with Crippen LogP contribution in [-0.2, 0) is 33.3 Å². The average Bonchev–Trinajstić information content (AvgIpc) is 2.86. The van der Waals surface area contributed by atoms with Crippen molar-refractivity contribution in [3.05, 3.63) is 85.1 Å². The minimum atomic E-state index is -1.63. The molecule has 0 fully saturated rings.